The Kier molecular flexibility index (Phi) is 19.8. The number of piperidine rings is 3. The SMILES string of the molecule is Cc1cc(Cc2cc(C)[nH]n2)nc(-c2ccc(N3CC4CC(C3)N4Cc3cccc(C#N)c3)nc2)n1.Cc1cc(Cc2cc(C)[nH]n2)nc(-c2ccc(N3CC4CC(C3)N4Cc3cccc(Cl)c3)nc2)n1.Cc1cc(Cc2cc(C)[nH]n2)nc(-c2ccc(N3CC4CC(C3)N4Cc3cccc(F)c3)nc2)n1. The molecule has 21 rings (SSSR count). The molecule has 9 saturated heterocycles. The molecule has 0 amide bonds. The van der Waals surface area contributed by atoms with E-state index in [1.807, 2.05) is 133 Å². The third-order valence-corrected chi connectivity index (χ3v) is 21.3. The van der Waals surface area contributed by atoms with E-state index in [9.17, 15) is 9.65 Å². The molecule has 6 bridgehead atoms. The van der Waals surface area contributed by atoms with E-state index in [1.54, 1.807) is 12.1 Å². The largest absolute Gasteiger partial charge is 0.353 e. The van der Waals surface area contributed by atoms with Gasteiger partial charge in [-0.25, -0.2) is 49.2 Å². The number of aryl methyl sites for hydroxylation is 6. The number of H-pyrrole nitrogens is 3. The predicted molar refractivity (Wildman–Crippen MR) is 407 cm³/mol. The number of hydrogen-bond donors (Lipinski definition) is 3. The first kappa shape index (κ1) is 69.3. The minimum atomic E-state index is -0.167. The Bertz CT molecular complexity index is 4900. The molecule has 0 spiro atoms. The van der Waals surface area contributed by atoms with E-state index >= 15 is 0 Å². The predicted octanol–water partition coefficient (Wildman–Crippen LogP) is 12.5. The lowest BCUT2D eigenvalue weighted by Crippen LogP contribution is -2.68. The van der Waals surface area contributed by atoms with Crippen molar-refractivity contribution < 1.29 is 4.39 Å². The second-order valence-electron chi connectivity index (χ2n) is 29.3. The average Bonchev–Trinajstić information content (AvgIpc) is 0.928. The summed E-state index contributed by atoms with van der Waals surface area (Å²) in [6.07, 6.45) is 11.3. The second-order valence-corrected chi connectivity index (χ2v) is 29.7. The number of hydrogen-bond acceptors (Lipinski definition) is 19. The van der Waals surface area contributed by atoms with Gasteiger partial charge in [0.25, 0.3) is 0 Å². The van der Waals surface area contributed by atoms with Gasteiger partial charge in [0.2, 0.25) is 0 Å². The van der Waals surface area contributed by atoms with Gasteiger partial charge in [-0.1, -0.05) is 48.0 Å². The van der Waals surface area contributed by atoms with E-state index in [-0.39, 0.29) is 5.82 Å². The molecule has 9 aromatic heterocycles. The van der Waals surface area contributed by atoms with Crippen molar-refractivity contribution >= 4 is 29.1 Å². The first-order valence-corrected chi connectivity index (χ1v) is 36.9. The number of nitrogens with zero attached hydrogens (tertiary/aromatic N) is 19. The van der Waals surface area contributed by atoms with E-state index in [2.05, 4.69) is 136 Å². The lowest BCUT2D eigenvalue weighted by molar-refractivity contribution is -0.00875. The Morgan fingerprint density at radius 2 is 0.755 bits per heavy atom. The van der Waals surface area contributed by atoms with Gasteiger partial charge < -0.3 is 14.7 Å². The van der Waals surface area contributed by atoms with Crippen molar-refractivity contribution in [3.8, 4) is 40.2 Å². The highest BCUT2D eigenvalue weighted by Gasteiger charge is 2.47. The van der Waals surface area contributed by atoms with Gasteiger partial charge in [-0.15, -0.1) is 0 Å². The fourth-order valence-electron chi connectivity index (χ4n) is 16.0. The Labute approximate surface area is 621 Å². The zero-order chi connectivity index (χ0) is 72.5. The summed E-state index contributed by atoms with van der Waals surface area (Å²) in [6, 6.07) is 53.1. The van der Waals surface area contributed by atoms with Crippen LogP contribution in [-0.4, -0.2) is 166 Å². The number of piperazine rings is 3. The molecule has 9 fully saturated rings. The van der Waals surface area contributed by atoms with Crippen molar-refractivity contribution in [2.24, 2.45) is 0 Å². The Balaban J connectivity index is 0.000000122. The van der Waals surface area contributed by atoms with Crippen LogP contribution in [0.4, 0.5) is 21.8 Å². The van der Waals surface area contributed by atoms with E-state index in [0.717, 1.165) is 178 Å². The zero-order valence-corrected chi connectivity index (χ0v) is 61.2. The van der Waals surface area contributed by atoms with Crippen LogP contribution >= 0.6 is 11.6 Å². The minimum absolute atomic E-state index is 0.167. The molecule has 0 aliphatic carbocycles. The van der Waals surface area contributed by atoms with E-state index in [1.165, 1.54) is 36.5 Å². The van der Waals surface area contributed by atoms with Crippen LogP contribution in [0.5, 0.6) is 0 Å². The minimum Gasteiger partial charge on any atom is -0.353 e. The highest BCUT2D eigenvalue weighted by atomic mass is 35.5. The monoisotopic (exact) mass is 1430 g/mol. The Morgan fingerprint density at radius 3 is 1.08 bits per heavy atom. The molecular formula is C82H84ClFN22. The third-order valence-electron chi connectivity index (χ3n) is 21.0. The lowest BCUT2D eigenvalue weighted by Gasteiger charge is -2.56. The van der Waals surface area contributed by atoms with Crippen LogP contribution in [0.1, 0.15) is 110 Å². The van der Waals surface area contributed by atoms with Gasteiger partial charge >= 0.3 is 0 Å². The molecule has 0 radical (unpaired) electrons. The number of anilines is 3. The number of rotatable bonds is 18. The van der Waals surface area contributed by atoms with Gasteiger partial charge in [0, 0.05) is 189 Å². The highest BCUT2D eigenvalue weighted by Crippen LogP contribution is 2.39. The highest BCUT2D eigenvalue weighted by molar-refractivity contribution is 6.30. The molecule has 3 N–H and O–H groups in total. The van der Waals surface area contributed by atoms with Gasteiger partial charge in [-0.3, -0.25) is 30.0 Å². The molecule has 18 heterocycles. The van der Waals surface area contributed by atoms with E-state index in [4.69, 9.17) is 41.5 Å². The fraction of sp³-hybridized carbons (Fsp3) is 0.329. The summed E-state index contributed by atoms with van der Waals surface area (Å²) in [5.74, 6) is 4.93. The summed E-state index contributed by atoms with van der Waals surface area (Å²) >= 11 is 6.18. The molecule has 9 aliphatic rings. The quantitative estimate of drug-likeness (QED) is 0.0723. The van der Waals surface area contributed by atoms with Crippen LogP contribution in [0, 0.1) is 58.7 Å². The van der Waals surface area contributed by atoms with Crippen molar-refractivity contribution in [3.05, 3.63) is 266 Å². The fourth-order valence-corrected chi connectivity index (χ4v) is 16.2. The third kappa shape index (κ3) is 16.0. The molecule has 12 aromatic rings. The number of benzene rings is 3. The van der Waals surface area contributed by atoms with Gasteiger partial charge in [0.1, 0.15) is 23.3 Å². The molecule has 22 nitrogen and oxygen atoms in total. The number of fused-ring (bicyclic) bond motifs is 6. The van der Waals surface area contributed by atoms with Gasteiger partial charge in [-0.05, 0) is 187 Å². The molecule has 3 aromatic carbocycles. The normalized spacial score (nSPS) is 19.4. The van der Waals surface area contributed by atoms with Gasteiger partial charge in [0.05, 0.1) is 45.8 Å². The molecular weight excluding hydrogens is 1350 g/mol. The summed E-state index contributed by atoms with van der Waals surface area (Å²) in [6.45, 7) is 20.4. The molecule has 24 heteroatoms. The summed E-state index contributed by atoms with van der Waals surface area (Å²) in [5, 5.41) is 31.9. The Hall–Kier alpha value is -11.0. The maximum Gasteiger partial charge on any atom is 0.161 e. The number of nitrogens with one attached hydrogen (secondary N) is 3. The molecule has 106 heavy (non-hydrogen) atoms. The number of halogens is 2. The first-order chi connectivity index (χ1) is 51.5. The number of nitriles is 1. The molecule has 6 unspecified atom stereocenters. The van der Waals surface area contributed by atoms with Crippen LogP contribution < -0.4 is 14.7 Å². The van der Waals surface area contributed by atoms with Crippen LogP contribution in [0.25, 0.3) is 34.2 Å². The number of pyridine rings is 3. The van der Waals surface area contributed by atoms with Crippen LogP contribution in [0.2, 0.25) is 5.02 Å². The zero-order valence-electron chi connectivity index (χ0n) is 60.4. The van der Waals surface area contributed by atoms with Gasteiger partial charge in [-0.2, -0.15) is 20.6 Å². The lowest BCUT2D eigenvalue weighted by atomic mass is 9.86. The van der Waals surface area contributed by atoms with Gasteiger partial charge in [0.15, 0.2) is 17.5 Å². The molecule has 6 atom stereocenters. The Morgan fingerprint density at radius 1 is 0.406 bits per heavy atom. The van der Waals surface area contributed by atoms with E-state index < -0.39 is 0 Å². The maximum atomic E-state index is 13.6. The molecule has 9 aliphatic heterocycles. The number of aromatic nitrogens is 15. The average molecular weight is 1430 g/mol. The van der Waals surface area contributed by atoms with Crippen LogP contribution in [-0.2, 0) is 38.9 Å². The summed E-state index contributed by atoms with van der Waals surface area (Å²) in [5.41, 5.74) is 18.7. The summed E-state index contributed by atoms with van der Waals surface area (Å²) < 4.78 is 13.6. The van der Waals surface area contributed by atoms with Crippen LogP contribution in [0.15, 0.2) is 164 Å². The van der Waals surface area contributed by atoms with Crippen molar-refractivity contribution in [1.82, 2.24) is 90.1 Å². The first-order valence-electron chi connectivity index (χ1n) is 36.5. The summed E-state index contributed by atoms with van der Waals surface area (Å²) in [7, 11) is 0. The maximum absolute atomic E-state index is 13.6. The smallest absolute Gasteiger partial charge is 0.161 e. The summed E-state index contributed by atoms with van der Waals surface area (Å²) in [4.78, 5) is 57.4. The van der Waals surface area contributed by atoms with E-state index in [0.29, 0.717) is 73.0 Å². The van der Waals surface area contributed by atoms with Crippen molar-refractivity contribution in [1.29, 1.82) is 5.26 Å². The van der Waals surface area contributed by atoms with Crippen molar-refractivity contribution in [2.75, 3.05) is 54.0 Å². The molecule has 0 saturated carbocycles. The van der Waals surface area contributed by atoms with Crippen LogP contribution in [0.3, 0.4) is 0 Å². The number of aromatic amines is 3. The topological polar surface area (TPSA) is 245 Å². The molecule has 536 valence electrons. The standard InChI is InChI=1S/C28H28N8.C27H28ClN7.C27H28FN7/c1-18-8-23(11-24-9-19(2)33-34-24)32-28(31-18)22-6-7-27(30-14-22)35-16-25-12-26(17-35)36(25)15-21-5-3-4-20(10-21)13-29;2*1-17-8-22(11-23-9-18(2)32-33-23)31-27(30-17)20-6-7-26(29-13-20)34-15-24-12-25(16-34)35(24)14-19-4-3-5-21(28)10-19/h3-10,14,25-26H,11-12,15-17H2,1-2H3,(H,33,34);2*3-10,13,24-25H,11-12,14-16H2,1-2H3,(H,32,33). The van der Waals surface area contributed by atoms with Crippen molar-refractivity contribution in [3.63, 3.8) is 0 Å². The van der Waals surface area contributed by atoms with Crippen molar-refractivity contribution in [2.45, 2.75) is 136 Å². The second kappa shape index (κ2) is 30.2.